The van der Waals surface area contributed by atoms with Gasteiger partial charge in [0.15, 0.2) is 0 Å². The number of imidazole rings is 1. The lowest BCUT2D eigenvalue weighted by molar-refractivity contribution is 0.297. The maximum atomic E-state index is 8.70. The molecule has 13 heavy (non-hydrogen) atoms. The summed E-state index contributed by atoms with van der Waals surface area (Å²) >= 11 is 5.90. The minimum absolute atomic E-state index is 0.102. The fourth-order valence-corrected chi connectivity index (χ4v) is 1.43. The van der Waals surface area contributed by atoms with Gasteiger partial charge in [0.25, 0.3) is 0 Å². The summed E-state index contributed by atoms with van der Waals surface area (Å²) in [6.07, 6.45) is 1.44. The Morgan fingerprint density at radius 3 is 2.77 bits per heavy atom. The Bertz CT molecular complexity index is 271. The number of halogens is 1. The van der Waals surface area contributed by atoms with Gasteiger partial charge in [0, 0.05) is 6.42 Å². The largest absolute Gasteiger partial charge is 0.396 e. The molecule has 1 heterocycles. The molecule has 1 aromatic rings. The van der Waals surface area contributed by atoms with Crippen LogP contribution in [0, 0.1) is 5.92 Å². The smallest absolute Gasteiger partial charge is 0.150 e. The maximum absolute atomic E-state index is 8.70. The second kappa shape index (κ2) is 4.63. The van der Waals surface area contributed by atoms with Gasteiger partial charge in [-0.1, -0.05) is 25.4 Å². The topological polar surface area (TPSA) is 48.9 Å². The number of rotatable bonds is 4. The standard InChI is InChI=1S/C9H15ClN2O/c1-6(2)5-7-9(10)12-8(11-7)3-4-13/h6,13H,3-5H2,1-2H3,(H,11,12). The van der Waals surface area contributed by atoms with Gasteiger partial charge in [-0.3, -0.25) is 0 Å². The number of aromatic nitrogens is 2. The van der Waals surface area contributed by atoms with E-state index in [1.807, 2.05) is 0 Å². The molecule has 0 fully saturated rings. The van der Waals surface area contributed by atoms with Crippen LogP contribution < -0.4 is 0 Å². The molecule has 0 amide bonds. The van der Waals surface area contributed by atoms with Gasteiger partial charge < -0.3 is 10.1 Å². The first kappa shape index (κ1) is 10.5. The quantitative estimate of drug-likeness (QED) is 0.782. The van der Waals surface area contributed by atoms with Crippen LogP contribution in [0.4, 0.5) is 0 Å². The molecular formula is C9H15ClN2O. The van der Waals surface area contributed by atoms with E-state index in [0.29, 0.717) is 17.5 Å². The molecule has 0 atom stereocenters. The average Bonchev–Trinajstić information content (AvgIpc) is 2.31. The van der Waals surface area contributed by atoms with Crippen LogP contribution in [0.15, 0.2) is 0 Å². The zero-order chi connectivity index (χ0) is 9.84. The summed E-state index contributed by atoms with van der Waals surface area (Å²) in [5.41, 5.74) is 0.972. The van der Waals surface area contributed by atoms with Crippen molar-refractivity contribution in [2.45, 2.75) is 26.7 Å². The number of nitrogens with one attached hydrogen (secondary N) is 1. The molecule has 0 aromatic carbocycles. The summed E-state index contributed by atoms with van der Waals surface area (Å²) in [6.45, 7) is 4.36. The highest BCUT2D eigenvalue weighted by molar-refractivity contribution is 6.30. The van der Waals surface area contributed by atoms with E-state index in [0.717, 1.165) is 17.9 Å². The lowest BCUT2D eigenvalue weighted by Crippen LogP contribution is -1.96. The molecule has 74 valence electrons. The highest BCUT2D eigenvalue weighted by atomic mass is 35.5. The predicted octanol–water partition coefficient (Wildman–Crippen LogP) is 1.80. The molecule has 0 aliphatic carbocycles. The molecule has 1 aromatic heterocycles. The summed E-state index contributed by atoms with van der Waals surface area (Å²) in [7, 11) is 0. The van der Waals surface area contributed by atoms with Gasteiger partial charge in [-0.05, 0) is 12.3 Å². The first-order valence-electron chi connectivity index (χ1n) is 4.47. The third kappa shape index (κ3) is 3.01. The van der Waals surface area contributed by atoms with Crippen LogP contribution in [0.3, 0.4) is 0 Å². The van der Waals surface area contributed by atoms with Crippen LogP contribution in [0.25, 0.3) is 0 Å². The van der Waals surface area contributed by atoms with Gasteiger partial charge >= 0.3 is 0 Å². The Balaban J connectivity index is 2.71. The molecule has 0 aliphatic heterocycles. The predicted molar refractivity (Wildman–Crippen MR) is 52.9 cm³/mol. The molecule has 0 saturated heterocycles. The second-order valence-electron chi connectivity index (χ2n) is 3.52. The Morgan fingerprint density at radius 2 is 2.23 bits per heavy atom. The van der Waals surface area contributed by atoms with E-state index in [4.69, 9.17) is 16.7 Å². The molecule has 0 radical (unpaired) electrons. The van der Waals surface area contributed by atoms with E-state index in [-0.39, 0.29) is 6.61 Å². The van der Waals surface area contributed by atoms with Crippen LogP contribution in [0.5, 0.6) is 0 Å². The Hall–Kier alpha value is -0.540. The number of nitrogens with zero attached hydrogens (tertiary/aromatic N) is 1. The molecule has 2 N–H and O–H groups in total. The molecule has 4 heteroatoms. The third-order valence-electron chi connectivity index (χ3n) is 1.74. The van der Waals surface area contributed by atoms with Gasteiger partial charge in [0.1, 0.15) is 11.0 Å². The first-order chi connectivity index (χ1) is 6.13. The van der Waals surface area contributed by atoms with Crippen molar-refractivity contribution >= 4 is 11.6 Å². The van der Waals surface area contributed by atoms with Crippen molar-refractivity contribution in [1.29, 1.82) is 0 Å². The van der Waals surface area contributed by atoms with Crippen molar-refractivity contribution in [3.63, 3.8) is 0 Å². The summed E-state index contributed by atoms with van der Waals surface area (Å²) in [5.74, 6) is 1.32. The number of hydrogen-bond donors (Lipinski definition) is 2. The van der Waals surface area contributed by atoms with Crippen LogP contribution in [0.1, 0.15) is 25.4 Å². The fraction of sp³-hybridized carbons (Fsp3) is 0.667. The first-order valence-corrected chi connectivity index (χ1v) is 4.85. The zero-order valence-electron chi connectivity index (χ0n) is 7.97. The summed E-state index contributed by atoms with van der Waals surface area (Å²) in [5, 5.41) is 9.24. The summed E-state index contributed by atoms with van der Waals surface area (Å²) < 4.78 is 0. The molecule has 0 spiro atoms. The van der Waals surface area contributed by atoms with E-state index in [2.05, 4.69) is 23.8 Å². The molecule has 0 aliphatic rings. The lowest BCUT2D eigenvalue weighted by atomic mass is 10.1. The van der Waals surface area contributed by atoms with Gasteiger partial charge in [-0.2, -0.15) is 0 Å². The van der Waals surface area contributed by atoms with Crippen molar-refractivity contribution in [2.24, 2.45) is 5.92 Å². The normalized spacial score (nSPS) is 11.2. The number of aliphatic hydroxyl groups is 1. The van der Waals surface area contributed by atoms with Crippen molar-refractivity contribution in [3.05, 3.63) is 16.7 Å². The van der Waals surface area contributed by atoms with Crippen molar-refractivity contribution in [1.82, 2.24) is 9.97 Å². The van der Waals surface area contributed by atoms with E-state index in [9.17, 15) is 0 Å². The third-order valence-corrected chi connectivity index (χ3v) is 2.05. The number of hydrogen-bond acceptors (Lipinski definition) is 2. The summed E-state index contributed by atoms with van der Waals surface area (Å²) in [6, 6.07) is 0. The highest BCUT2D eigenvalue weighted by Gasteiger charge is 2.08. The van der Waals surface area contributed by atoms with Crippen molar-refractivity contribution in [3.8, 4) is 0 Å². The molecule has 0 bridgehead atoms. The van der Waals surface area contributed by atoms with Gasteiger partial charge in [-0.25, -0.2) is 4.98 Å². The van der Waals surface area contributed by atoms with Crippen LogP contribution >= 0.6 is 11.6 Å². The molecule has 0 saturated carbocycles. The van der Waals surface area contributed by atoms with Gasteiger partial charge in [0.2, 0.25) is 0 Å². The van der Waals surface area contributed by atoms with E-state index >= 15 is 0 Å². The fourth-order valence-electron chi connectivity index (χ4n) is 1.21. The average molecular weight is 203 g/mol. The van der Waals surface area contributed by atoms with E-state index in [1.54, 1.807) is 0 Å². The zero-order valence-corrected chi connectivity index (χ0v) is 8.73. The second-order valence-corrected chi connectivity index (χ2v) is 3.88. The van der Waals surface area contributed by atoms with Crippen molar-refractivity contribution < 1.29 is 5.11 Å². The van der Waals surface area contributed by atoms with Gasteiger partial charge in [-0.15, -0.1) is 0 Å². The van der Waals surface area contributed by atoms with Crippen LogP contribution in [0.2, 0.25) is 5.15 Å². The van der Waals surface area contributed by atoms with Gasteiger partial charge in [0.05, 0.1) is 12.3 Å². The van der Waals surface area contributed by atoms with E-state index in [1.165, 1.54) is 0 Å². The maximum Gasteiger partial charge on any atom is 0.150 e. The number of aliphatic hydroxyl groups excluding tert-OH is 1. The molecule has 3 nitrogen and oxygen atoms in total. The Kier molecular flexibility index (Phi) is 3.75. The molecule has 1 rings (SSSR count). The Morgan fingerprint density at radius 1 is 1.54 bits per heavy atom. The lowest BCUT2D eigenvalue weighted by Gasteiger charge is -2.00. The minimum atomic E-state index is 0.102. The van der Waals surface area contributed by atoms with E-state index < -0.39 is 0 Å². The SMILES string of the molecule is CC(C)Cc1[nH]c(CCO)nc1Cl. The Labute approximate surface area is 83.1 Å². The van der Waals surface area contributed by atoms with Crippen LogP contribution in [-0.4, -0.2) is 21.7 Å². The number of aromatic amines is 1. The molecule has 0 unspecified atom stereocenters. The summed E-state index contributed by atoms with van der Waals surface area (Å²) in [4.78, 5) is 7.21. The minimum Gasteiger partial charge on any atom is -0.396 e. The van der Waals surface area contributed by atoms with Crippen molar-refractivity contribution in [2.75, 3.05) is 6.61 Å². The number of H-pyrrole nitrogens is 1. The highest BCUT2D eigenvalue weighted by Crippen LogP contribution is 2.16. The molecular weight excluding hydrogens is 188 g/mol. The monoisotopic (exact) mass is 202 g/mol. The van der Waals surface area contributed by atoms with Crippen LogP contribution in [-0.2, 0) is 12.8 Å².